The van der Waals surface area contributed by atoms with E-state index in [1.54, 1.807) is 12.4 Å². The van der Waals surface area contributed by atoms with Crippen LogP contribution in [0.5, 0.6) is 11.5 Å². The van der Waals surface area contributed by atoms with E-state index in [4.69, 9.17) is 4.74 Å². The van der Waals surface area contributed by atoms with Gasteiger partial charge in [-0.15, -0.1) is 0 Å². The zero-order chi connectivity index (χ0) is 20.7. The second-order valence-corrected chi connectivity index (χ2v) is 7.53. The molecule has 2 aromatic heterocycles. The van der Waals surface area contributed by atoms with Crippen LogP contribution in [0, 0.1) is 13.8 Å². The number of pyridine rings is 1. The number of hydrogen-bond donors (Lipinski definition) is 0. The van der Waals surface area contributed by atoms with E-state index in [1.807, 2.05) is 42.8 Å². The third kappa shape index (κ3) is 3.26. The number of rotatable bonds is 4. The number of aryl methyl sites for hydroxylation is 2. The van der Waals surface area contributed by atoms with Gasteiger partial charge in [0.1, 0.15) is 17.3 Å². The van der Waals surface area contributed by atoms with Crippen LogP contribution in [-0.2, 0) is 0 Å². The quantitative estimate of drug-likeness (QED) is 0.642. The molecule has 2 aliphatic rings. The molecule has 0 atom stereocenters. The molecule has 0 saturated heterocycles. The number of fused-ring (bicyclic) bond motifs is 1. The van der Waals surface area contributed by atoms with Gasteiger partial charge in [-0.2, -0.15) is 5.10 Å². The summed E-state index contributed by atoms with van der Waals surface area (Å²) in [6, 6.07) is 12.1. The highest BCUT2D eigenvalue weighted by Crippen LogP contribution is 2.34. The molecule has 30 heavy (non-hydrogen) atoms. The van der Waals surface area contributed by atoms with Gasteiger partial charge >= 0.3 is 0 Å². The molecule has 150 valence electrons. The highest BCUT2D eigenvalue weighted by Gasteiger charge is 2.25. The Kier molecular flexibility index (Phi) is 4.39. The Bertz CT molecular complexity index is 1200. The summed E-state index contributed by atoms with van der Waals surface area (Å²) < 4.78 is 8.03. The maximum atomic E-state index is 6.15. The molecule has 2 aliphatic heterocycles. The highest BCUT2D eigenvalue weighted by molar-refractivity contribution is 5.69. The lowest BCUT2D eigenvalue weighted by atomic mass is 10.1. The molecule has 0 N–H and O–H groups in total. The van der Waals surface area contributed by atoms with Gasteiger partial charge in [-0.05, 0) is 38.1 Å². The number of ether oxygens (including phenoxy) is 1. The molecule has 1 aromatic carbocycles. The van der Waals surface area contributed by atoms with Gasteiger partial charge in [0.25, 0.3) is 0 Å². The normalized spacial score (nSPS) is 15.2. The Hall–Kier alpha value is -3.80. The largest absolute Gasteiger partial charge is 0.456 e. The van der Waals surface area contributed by atoms with Crippen LogP contribution in [0.1, 0.15) is 17.0 Å². The van der Waals surface area contributed by atoms with Crippen LogP contribution < -0.4 is 4.74 Å². The van der Waals surface area contributed by atoms with Gasteiger partial charge < -0.3 is 14.5 Å². The van der Waals surface area contributed by atoms with Crippen molar-refractivity contribution in [3.8, 4) is 17.2 Å². The van der Waals surface area contributed by atoms with Gasteiger partial charge in [0.05, 0.1) is 29.5 Å². The lowest BCUT2D eigenvalue weighted by Crippen LogP contribution is -2.22. The Labute approximate surface area is 176 Å². The van der Waals surface area contributed by atoms with Crippen LogP contribution in [0.25, 0.3) is 11.4 Å². The minimum absolute atomic E-state index is 0.676. The summed E-state index contributed by atoms with van der Waals surface area (Å²) >= 11 is 0. The average molecular weight is 397 g/mol. The van der Waals surface area contributed by atoms with Crippen LogP contribution in [0.2, 0.25) is 0 Å². The number of hydrogen-bond acceptors (Lipinski definition) is 5. The standard InChI is InChI=1S/C24H23N5O/c1-17-11-18(2)29(26-17)20-13-22(15-25-14-20)30-21-8-6-7-19(12-21)23-16-28-10-5-4-9-24(28)27(23)3/h4-9,11-16H,10H2,1-3H3. The molecule has 6 nitrogen and oxygen atoms in total. The lowest BCUT2D eigenvalue weighted by Gasteiger charge is -2.24. The summed E-state index contributed by atoms with van der Waals surface area (Å²) in [6.45, 7) is 4.90. The van der Waals surface area contributed by atoms with Gasteiger partial charge in [-0.1, -0.05) is 24.3 Å². The summed E-state index contributed by atoms with van der Waals surface area (Å²) in [4.78, 5) is 8.78. The summed E-state index contributed by atoms with van der Waals surface area (Å²) in [5.41, 5.74) is 5.16. The molecule has 0 spiro atoms. The number of benzene rings is 1. The Morgan fingerprint density at radius 2 is 1.93 bits per heavy atom. The average Bonchev–Trinajstić information content (AvgIpc) is 3.27. The summed E-state index contributed by atoms with van der Waals surface area (Å²) in [5, 5.41) is 4.53. The van der Waals surface area contributed by atoms with Crippen molar-refractivity contribution in [3.63, 3.8) is 0 Å². The zero-order valence-electron chi connectivity index (χ0n) is 17.3. The van der Waals surface area contributed by atoms with Crippen LogP contribution in [0.4, 0.5) is 0 Å². The first-order chi connectivity index (χ1) is 14.6. The van der Waals surface area contributed by atoms with E-state index in [2.05, 4.69) is 63.5 Å². The molecule has 3 aromatic rings. The second kappa shape index (κ2) is 7.22. The molecule has 0 aliphatic carbocycles. The van der Waals surface area contributed by atoms with Gasteiger partial charge in [-0.25, -0.2) is 4.68 Å². The molecule has 0 bridgehead atoms. The van der Waals surface area contributed by atoms with E-state index < -0.39 is 0 Å². The Morgan fingerprint density at radius 3 is 2.73 bits per heavy atom. The van der Waals surface area contributed by atoms with Crippen molar-refractivity contribution >= 4 is 5.70 Å². The molecule has 0 amide bonds. The van der Waals surface area contributed by atoms with Crippen molar-refractivity contribution in [2.24, 2.45) is 0 Å². The molecule has 6 heteroatoms. The minimum atomic E-state index is 0.676. The van der Waals surface area contributed by atoms with E-state index in [9.17, 15) is 0 Å². The maximum Gasteiger partial charge on any atom is 0.147 e. The number of aromatic nitrogens is 3. The van der Waals surface area contributed by atoms with Crippen LogP contribution in [0.3, 0.4) is 0 Å². The van der Waals surface area contributed by atoms with Gasteiger partial charge in [0.15, 0.2) is 0 Å². The smallest absolute Gasteiger partial charge is 0.147 e. The number of allylic oxidation sites excluding steroid dienone is 2. The second-order valence-electron chi connectivity index (χ2n) is 7.53. The molecular formula is C24H23N5O. The molecule has 0 fully saturated rings. The third-order valence-corrected chi connectivity index (χ3v) is 5.28. The summed E-state index contributed by atoms with van der Waals surface area (Å²) in [7, 11) is 2.09. The maximum absolute atomic E-state index is 6.15. The van der Waals surface area contributed by atoms with Crippen LogP contribution in [0.15, 0.2) is 79.0 Å². The van der Waals surface area contributed by atoms with Crippen molar-refractivity contribution in [1.29, 1.82) is 0 Å². The van der Waals surface area contributed by atoms with Crippen LogP contribution >= 0.6 is 0 Å². The Balaban J connectivity index is 1.41. The summed E-state index contributed by atoms with van der Waals surface area (Å²) in [5.74, 6) is 2.63. The topological polar surface area (TPSA) is 46.4 Å². The van der Waals surface area contributed by atoms with Crippen molar-refractivity contribution in [3.05, 3.63) is 96.0 Å². The molecule has 5 rings (SSSR count). The lowest BCUT2D eigenvalue weighted by molar-refractivity contribution is 0.422. The highest BCUT2D eigenvalue weighted by atomic mass is 16.5. The fraction of sp³-hybridized carbons (Fsp3) is 0.167. The third-order valence-electron chi connectivity index (χ3n) is 5.28. The predicted molar refractivity (Wildman–Crippen MR) is 117 cm³/mol. The monoisotopic (exact) mass is 397 g/mol. The van der Waals surface area contributed by atoms with Gasteiger partial charge in [0.2, 0.25) is 0 Å². The SMILES string of the molecule is Cc1cc(C)n(-c2cncc(Oc3cccc(C4=CN5CC=CC=C5N4C)c3)c2)n1. The fourth-order valence-corrected chi connectivity index (χ4v) is 3.89. The molecule has 0 unspecified atom stereocenters. The first-order valence-corrected chi connectivity index (χ1v) is 9.94. The zero-order valence-corrected chi connectivity index (χ0v) is 17.3. The Morgan fingerprint density at radius 1 is 1.03 bits per heavy atom. The van der Waals surface area contributed by atoms with Gasteiger partial charge in [0, 0.05) is 37.1 Å². The van der Waals surface area contributed by atoms with Crippen molar-refractivity contribution in [2.75, 3.05) is 13.6 Å². The van der Waals surface area contributed by atoms with E-state index in [-0.39, 0.29) is 0 Å². The van der Waals surface area contributed by atoms with Crippen LogP contribution in [-0.4, -0.2) is 38.2 Å². The fourth-order valence-electron chi connectivity index (χ4n) is 3.89. The van der Waals surface area contributed by atoms with Gasteiger partial charge in [-0.3, -0.25) is 4.98 Å². The van der Waals surface area contributed by atoms with E-state index >= 15 is 0 Å². The first-order valence-electron chi connectivity index (χ1n) is 9.94. The van der Waals surface area contributed by atoms with E-state index in [0.29, 0.717) is 5.75 Å². The van der Waals surface area contributed by atoms with E-state index in [1.165, 1.54) is 5.82 Å². The molecule has 0 saturated carbocycles. The molecule has 0 radical (unpaired) electrons. The molecular weight excluding hydrogens is 374 g/mol. The summed E-state index contributed by atoms with van der Waals surface area (Å²) in [6.07, 6.45) is 12.1. The first kappa shape index (κ1) is 18.2. The molecule has 4 heterocycles. The van der Waals surface area contributed by atoms with Crippen molar-refractivity contribution in [2.45, 2.75) is 13.8 Å². The minimum Gasteiger partial charge on any atom is -0.456 e. The van der Waals surface area contributed by atoms with E-state index in [0.717, 1.165) is 40.6 Å². The van der Waals surface area contributed by atoms with Crippen molar-refractivity contribution in [1.82, 2.24) is 24.6 Å². The predicted octanol–water partition coefficient (Wildman–Crippen LogP) is 4.63. The number of nitrogens with zero attached hydrogens (tertiary/aromatic N) is 5. The van der Waals surface area contributed by atoms with Crippen molar-refractivity contribution < 1.29 is 4.74 Å².